The molecule has 0 bridgehead atoms. The van der Waals surface area contributed by atoms with E-state index in [9.17, 15) is 9.59 Å². The van der Waals surface area contributed by atoms with Crippen LogP contribution in [0.15, 0.2) is 17.1 Å². The SMILES string of the molecule is CCCn1c(=O)c(N(N)C(=O)C2(C3CC3)CC2)nc2ncc(C)cc21. The predicted molar refractivity (Wildman–Crippen MR) is 94.9 cm³/mol. The first-order chi connectivity index (χ1) is 12.0. The average molecular weight is 341 g/mol. The van der Waals surface area contributed by atoms with E-state index in [1.807, 2.05) is 19.9 Å². The van der Waals surface area contributed by atoms with Gasteiger partial charge in [-0.25, -0.2) is 20.8 Å². The number of carbonyl (C=O) groups excluding carboxylic acids is 1. The zero-order valence-electron chi connectivity index (χ0n) is 14.7. The summed E-state index contributed by atoms with van der Waals surface area (Å²) in [5, 5.41) is 0.987. The maximum atomic E-state index is 13.0. The summed E-state index contributed by atoms with van der Waals surface area (Å²) in [6, 6.07) is 1.89. The Kier molecular flexibility index (Phi) is 3.64. The molecule has 2 aliphatic rings. The molecule has 7 nitrogen and oxygen atoms in total. The molecule has 2 aliphatic carbocycles. The lowest BCUT2D eigenvalue weighted by atomic mass is 9.99. The van der Waals surface area contributed by atoms with Crippen molar-refractivity contribution in [1.82, 2.24) is 14.5 Å². The molecule has 4 rings (SSSR count). The van der Waals surface area contributed by atoms with Gasteiger partial charge in [-0.1, -0.05) is 6.92 Å². The van der Waals surface area contributed by atoms with Gasteiger partial charge in [-0.05, 0) is 56.6 Å². The highest BCUT2D eigenvalue weighted by Gasteiger charge is 2.60. The summed E-state index contributed by atoms with van der Waals surface area (Å²) in [4.78, 5) is 34.5. The van der Waals surface area contributed by atoms with E-state index in [1.54, 1.807) is 10.8 Å². The molecule has 0 unspecified atom stereocenters. The van der Waals surface area contributed by atoms with Crippen LogP contribution in [0, 0.1) is 18.3 Å². The van der Waals surface area contributed by atoms with Crippen molar-refractivity contribution >= 4 is 22.9 Å². The van der Waals surface area contributed by atoms with Crippen LogP contribution in [0.25, 0.3) is 11.2 Å². The predicted octanol–water partition coefficient (Wildman–Crippen LogP) is 1.91. The summed E-state index contributed by atoms with van der Waals surface area (Å²) in [5.41, 5.74) is 1.39. The molecule has 0 atom stereocenters. The molecule has 2 fully saturated rings. The molecular formula is C18H23N5O2. The number of nitrogens with zero attached hydrogens (tertiary/aromatic N) is 4. The highest BCUT2D eigenvalue weighted by Crippen LogP contribution is 2.62. The molecule has 2 saturated carbocycles. The molecule has 2 heterocycles. The Morgan fingerprint density at radius 1 is 1.44 bits per heavy atom. The summed E-state index contributed by atoms with van der Waals surface area (Å²) >= 11 is 0. The standard InChI is InChI=1S/C18H23N5O2/c1-3-8-22-13-9-11(2)10-20-14(13)21-15(16(22)24)23(19)17(25)18(6-7-18)12-4-5-12/h9-10,12H,3-8,19H2,1-2H3. The van der Waals surface area contributed by atoms with Crippen LogP contribution in [0.4, 0.5) is 5.82 Å². The van der Waals surface area contributed by atoms with Gasteiger partial charge < -0.3 is 4.57 Å². The number of hydrogen-bond donors (Lipinski definition) is 1. The number of aromatic nitrogens is 3. The van der Waals surface area contributed by atoms with Gasteiger partial charge in [0.15, 0.2) is 5.65 Å². The monoisotopic (exact) mass is 341 g/mol. The van der Waals surface area contributed by atoms with Crippen molar-refractivity contribution in [2.45, 2.75) is 52.5 Å². The minimum Gasteiger partial charge on any atom is -0.302 e. The Balaban J connectivity index is 1.81. The zero-order valence-corrected chi connectivity index (χ0v) is 14.7. The lowest BCUT2D eigenvalue weighted by Crippen LogP contribution is -2.47. The van der Waals surface area contributed by atoms with E-state index < -0.39 is 0 Å². The van der Waals surface area contributed by atoms with Gasteiger partial charge in [0.1, 0.15) is 0 Å². The van der Waals surface area contributed by atoms with Crippen LogP contribution in [0.3, 0.4) is 0 Å². The van der Waals surface area contributed by atoms with Crippen molar-refractivity contribution in [1.29, 1.82) is 0 Å². The third-order valence-corrected chi connectivity index (χ3v) is 5.39. The van der Waals surface area contributed by atoms with Crippen LogP contribution in [-0.2, 0) is 11.3 Å². The summed E-state index contributed by atoms with van der Waals surface area (Å²) in [6.07, 6.45) is 6.36. The number of pyridine rings is 1. The van der Waals surface area contributed by atoms with E-state index in [4.69, 9.17) is 5.84 Å². The van der Waals surface area contributed by atoms with Gasteiger partial charge >= 0.3 is 0 Å². The second kappa shape index (κ2) is 5.62. The minimum absolute atomic E-state index is 0.0192. The molecule has 1 amide bonds. The van der Waals surface area contributed by atoms with Gasteiger partial charge in [0.05, 0.1) is 10.9 Å². The highest BCUT2D eigenvalue weighted by atomic mass is 16.2. The molecule has 0 saturated heterocycles. The zero-order chi connectivity index (χ0) is 17.8. The number of aryl methyl sites for hydroxylation is 2. The van der Waals surface area contributed by atoms with Crippen molar-refractivity contribution < 1.29 is 4.79 Å². The fourth-order valence-corrected chi connectivity index (χ4v) is 3.72. The molecule has 25 heavy (non-hydrogen) atoms. The summed E-state index contributed by atoms with van der Waals surface area (Å²) in [6.45, 7) is 4.46. The number of hydrazine groups is 1. The number of anilines is 1. The molecule has 132 valence electrons. The van der Waals surface area contributed by atoms with Crippen LogP contribution in [0.5, 0.6) is 0 Å². The first kappa shape index (κ1) is 16.2. The van der Waals surface area contributed by atoms with E-state index in [0.717, 1.165) is 42.7 Å². The number of fused-ring (bicyclic) bond motifs is 1. The van der Waals surface area contributed by atoms with Crippen molar-refractivity contribution in [3.05, 3.63) is 28.2 Å². The largest absolute Gasteiger partial charge is 0.302 e. The van der Waals surface area contributed by atoms with E-state index in [0.29, 0.717) is 23.6 Å². The van der Waals surface area contributed by atoms with Crippen LogP contribution < -0.4 is 16.4 Å². The lowest BCUT2D eigenvalue weighted by molar-refractivity contribution is -0.124. The molecular weight excluding hydrogens is 318 g/mol. The molecule has 0 aromatic carbocycles. The third kappa shape index (κ3) is 2.54. The maximum absolute atomic E-state index is 13.0. The van der Waals surface area contributed by atoms with Crippen molar-refractivity contribution in [2.75, 3.05) is 5.01 Å². The van der Waals surface area contributed by atoms with E-state index in [-0.39, 0.29) is 22.7 Å². The fraction of sp³-hybridized carbons (Fsp3) is 0.556. The van der Waals surface area contributed by atoms with Gasteiger partial charge in [-0.2, -0.15) is 0 Å². The Morgan fingerprint density at radius 2 is 2.16 bits per heavy atom. The minimum atomic E-state index is -0.353. The molecule has 2 N–H and O–H groups in total. The van der Waals surface area contributed by atoms with Gasteiger partial charge in [-0.3, -0.25) is 9.59 Å². The summed E-state index contributed by atoms with van der Waals surface area (Å²) in [5.74, 6) is 6.33. The lowest BCUT2D eigenvalue weighted by Gasteiger charge is -2.22. The van der Waals surface area contributed by atoms with E-state index in [2.05, 4.69) is 9.97 Å². The molecule has 0 radical (unpaired) electrons. The number of rotatable bonds is 5. The Morgan fingerprint density at radius 3 is 2.76 bits per heavy atom. The number of hydrogen-bond acceptors (Lipinski definition) is 5. The second-order valence-electron chi connectivity index (χ2n) is 7.35. The Bertz CT molecular complexity index is 912. The fourth-order valence-electron chi connectivity index (χ4n) is 3.72. The molecule has 0 aliphatic heterocycles. The van der Waals surface area contributed by atoms with Crippen LogP contribution in [-0.4, -0.2) is 20.4 Å². The second-order valence-corrected chi connectivity index (χ2v) is 7.35. The average Bonchev–Trinajstić information content (AvgIpc) is 3.47. The number of amides is 1. The number of nitrogens with two attached hydrogens (primary N) is 1. The molecule has 0 spiro atoms. The molecule has 2 aromatic rings. The van der Waals surface area contributed by atoms with Gasteiger partial charge in [0, 0.05) is 12.7 Å². The molecule has 2 aromatic heterocycles. The summed E-state index contributed by atoms with van der Waals surface area (Å²) in [7, 11) is 0. The van der Waals surface area contributed by atoms with E-state index in [1.165, 1.54) is 0 Å². The van der Waals surface area contributed by atoms with Gasteiger partial charge in [0.2, 0.25) is 11.7 Å². The van der Waals surface area contributed by atoms with Crippen LogP contribution in [0.2, 0.25) is 0 Å². The topological polar surface area (TPSA) is 94.1 Å². The van der Waals surface area contributed by atoms with Gasteiger partial charge in [-0.15, -0.1) is 0 Å². The Labute approximate surface area is 145 Å². The number of carbonyl (C=O) groups is 1. The van der Waals surface area contributed by atoms with Crippen molar-refractivity contribution in [2.24, 2.45) is 17.2 Å². The van der Waals surface area contributed by atoms with Crippen LogP contribution >= 0.6 is 0 Å². The van der Waals surface area contributed by atoms with E-state index >= 15 is 0 Å². The highest BCUT2D eigenvalue weighted by molar-refractivity contribution is 5.98. The summed E-state index contributed by atoms with van der Waals surface area (Å²) < 4.78 is 1.63. The first-order valence-corrected chi connectivity index (χ1v) is 8.94. The van der Waals surface area contributed by atoms with Crippen LogP contribution in [0.1, 0.15) is 44.6 Å². The molecule has 7 heteroatoms. The smallest absolute Gasteiger partial charge is 0.295 e. The Hall–Kier alpha value is -2.28. The van der Waals surface area contributed by atoms with Gasteiger partial charge in [0.25, 0.3) is 5.56 Å². The van der Waals surface area contributed by atoms with Crippen molar-refractivity contribution in [3.63, 3.8) is 0 Å². The van der Waals surface area contributed by atoms with Crippen molar-refractivity contribution in [3.8, 4) is 0 Å². The quantitative estimate of drug-likeness (QED) is 0.509. The maximum Gasteiger partial charge on any atom is 0.295 e. The first-order valence-electron chi connectivity index (χ1n) is 8.94. The third-order valence-electron chi connectivity index (χ3n) is 5.39. The normalized spacial score (nSPS) is 18.4.